The molecule has 9 nitrogen and oxygen atoms in total. The van der Waals surface area contributed by atoms with E-state index in [0.29, 0.717) is 18.7 Å². The highest BCUT2D eigenvalue weighted by molar-refractivity contribution is 6.31. The molecule has 9 heteroatoms. The summed E-state index contributed by atoms with van der Waals surface area (Å²) in [5.41, 5.74) is 0.752. The number of ketones is 3. The third-order valence-corrected chi connectivity index (χ3v) is 7.68. The van der Waals surface area contributed by atoms with Gasteiger partial charge in [0.25, 0.3) is 0 Å². The molecule has 0 bridgehead atoms. The van der Waals surface area contributed by atoms with Crippen LogP contribution < -0.4 is 10.1 Å². The summed E-state index contributed by atoms with van der Waals surface area (Å²) in [5, 5.41) is 24.7. The average molecular weight is 530 g/mol. The number of ether oxygens (including phenoxy) is 1. The molecule has 0 unspecified atom stereocenters. The quantitative estimate of drug-likeness (QED) is 0.244. The molecule has 0 amide bonds. The SMILES string of the molecule is CC(=O)c1c(O)c(C)c(O)c2c1OC1=CC(=O)C(=C(C)NCCc3nc4ccccc4n3C(C)C)C(=O)[C@@]12C. The smallest absolute Gasteiger partial charge is 0.194 e. The first kappa shape index (κ1) is 26.2. The molecule has 3 aromatic rings. The maximum Gasteiger partial charge on any atom is 0.194 e. The summed E-state index contributed by atoms with van der Waals surface area (Å²) in [4.78, 5) is 44.2. The van der Waals surface area contributed by atoms with Gasteiger partial charge in [0.1, 0.15) is 39.8 Å². The number of para-hydroxylation sites is 2. The van der Waals surface area contributed by atoms with Crippen LogP contribution in [0.3, 0.4) is 0 Å². The normalized spacial score (nSPS) is 19.6. The van der Waals surface area contributed by atoms with Crippen molar-refractivity contribution in [1.29, 1.82) is 0 Å². The van der Waals surface area contributed by atoms with Crippen molar-refractivity contribution in [3.8, 4) is 17.2 Å². The molecule has 1 aromatic heterocycles. The van der Waals surface area contributed by atoms with Crippen LogP contribution in [0.2, 0.25) is 0 Å². The van der Waals surface area contributed by atoms with Crippen molar-refractivity contribution in [3.63, 3.8) is 0 Å². The van der Waals surface area contributed by atoms with Crippen molar-refractivity contribution in [1.82, 2.24) is 14.9 Å². The van der Waals surface area contributed by atoms with Crippen LogP contribution in [0, 0.1) is 6.92 Å². The van der Waals surface area contributed by atoms with E-state index in [2.05, 4.69) is 23.7 Å². The standard InChI is InChI=1S/C30H31N3O6/c1-14(2)33-19-10-8-7-9-18(19)32-22(33)11-12-31-16(4)23-20(35)13-21-30(6,29(23)38)25-27(37)15(3)26(36)24(17(5)34)28(25)39-21/h7-10,13-14,31,36-37H,11-12H2,1-6H3/t30-/m0/s1. The second-order valence-corrected chi connectivity index (χ2v) is 10.5. The monoisotopic (exact) mass is 529 g/mol. The number of fused-ring (bicyclic) bond motifs is 4. The van der Waals surface area contributed by atoms with E-state index in [1.165, 1.54) is 19.9 Å². The van der Waals surface area contributed by atoms with Gasteiger partial charge in [-0.25, -0.2) is 4.98 Å². The van der Waals surface area contributed by atoms with Crippen LogP contribution in [0.25, 0.3) is 11.0 Å². The minimum atomic E-state index is -1.54. The van der Waals surface area contributed by atoms with E-state index < -0.39 is 28.5 Å². The third kappa shape index (κ3) is 3.75. The molecule has 1 aliphatic carbocycles. The van der Waals surface area contributed by atoms with E-state index >= 15 is 0 Å². The zero-order valence-electron chi connectivity index (χ0n) is 22.8. The molecule has 2 aromatic carbocycles. The zero-order chi connectivity index (χ0) is 28.4. The van der Waals surface area contributed by atoms with Crippen LogP contribution in [0.15, 0.2) is 47.4 Å². The highest BCUT2D eigenvalue weighted by Gasteiger charge is 2.56. The minimum Gasteiger partial charge on any atom is -0.507 e. The summed E-state index contributed by atoms with van der Waals surface area (Å²) < 4.78 is 7.99. The number of nitrogens with one attached hydrogen (secondary N) is 1. The van der Waals surface area contributed by atoms with Crippen molar-refractivity contribution < 1.29 is 29.3 Å². The Hall–Kier alpha value is -4.40. The molecule has 1 aliphatic heterocycles. The number of carbonyl (C=O) groups is 3. The Balaban J connectivity index is 1.49. The van der Waals surface area contributed by atoms with Gasteiger partial charge in [-0.3, -0.25) is 14.4 Å². The highest BCUT2D eigenvalue weighted by atomic mass is 16.5. The number of benzene rings is 2. The Morgan fingerprint density at radius 2 is 1.85 bits per heavy atom. The molecule has 0 saturated carbocycles. The summed E-state index contributed by atoms with van der Waals surface area (Å²) in [6.07, 6.45) is 1.78. The predicted octanol–water partition coefficient (Wildman–Crippen LogP) is 4.33. The van der Waals surface area contributed by atoms with Crippen LogP contribution in [0.4, 0.5) is 0 Å². The maximum absolute atomic E-state index is 14.0. The second kappa shape index (κ2) is 9.11. The van der Waals surface area contributed by atoms with Gasteiger partial charge in [-0.15, -0.1) is 0 Å². The summed E-state index contributed by atoms with van der Waals surface area (Å²) in [5.74, 6) is -1.55. The second-order valence-electron chi connectivity index (χ2n) is 10.5. The maximum atomic E-state index is 14.0. The molecule has 0 fully saturated rings. The van der Waals surface area contributed by atoms with Gasteiger partial charge in [0.05, 0.1) is 22.2 Å². The van der Waals surface area contributed by atoms with Gasteiger partial charge in [0.2, 0.25) is 0 Å². The predicted molar refractivity (Wildman–Crippen MR) is 145 cm³/mol. The van der Waals surface area contributed by atoms with Crippen LogP contribution in [-0.2, 0) is 21.4 Å². The summed E-state index contributed by atoms with van der Waals surface area (Å²) in [6, 6.07) is 8.14. The largest absolute Gasteiger partial charge is 0.507 e. The molecule has 2 heterocycles. The van der Waals surface area contributed by atoms with Crippen molar-refractivity contribution in [2.45, 2.75) is 59.4 Å². The van der Waals surface area contributed by atoms with Gasteiger partial charge in [-0.1, -0.05) is 12.1 Å². The fourth-order valence-electron chi connectivity index (χ4n) is 5.66. The number of rotatable bonds is 6. The Labute approximate surface area is 225 Å². The van der Waals surface area contributed by atoms with E-state index in [1.807, 2.05) is 24.3 Å². The van der Waals surface area contributed by atoms with Gasteiger partial charge in [-0.05, 0) is 53.7 Å². The number of phenolic OH excluding ortho intramolecular Hbond substituents is 2. The van der Waals surface area contributed by atoms with Crippen molar-refractivity contribution >= 4 is 28.4 Å². The first-order valence-electron chi connectivity index (χ1n) is 12.9. The zero-order valence-corrected chi connectivity index (χ0v) is 22.8. The third-order valence-electron chi connectivity index (χ3n) is 7.68. The lowest BCUT2D eigenvalue weighted by atomic mass is 9.70. The van der Waals surface area contributed by atoms with Gasteiger partial charge >= 0.3 is 0 Å². The van der Waals surface area contributed by atoms with Gasteiger partial charge < -0.3 is 24.8 Å². The number of aromatic hydroxyl groups is 2. The number of allylic oxidation sites excluding steroid dienone is 4. The molecule has 3 N–H and O–H groups in total. The van der Waals surface area contributed by atoms with Gasteiger partial charge in [0, 0.05) is 36.3 Å². The lowest BCUT2D eigenvalue weighted by molar-refractivity contribution is -0.123. The Morgan fingerprint density at radius 3 is 2.51 bits per heavy atom. The molecule has 0 spiro atoms. The molecule has 1 atom stereocenters. The van der Waals surface area contributed by atoms with Crippen molar-refractivity contribution in [2.75, 3.05) is 6.54 Å². The first-order chi connectivity index (χ1) is 18.4. The van der Waals surface area contributed by atoms with Crippen molar-refractivity contribution in [2.24, 2.45) is 0 Å². The summed E-state index contributed by atoms with van der Waals surface area (Å²) in [7, 11) is 0. The van der Waals surface area contributed by atoms with Crippen LogP contribution >= 0.6 is 0 Å². The highest BCUT2D eigenvalue weighted by Crippen LogP contribution is 2.57. The number of hydrogen-bond donors (Lipinski definition) is 3. The number of aromatic nitrogens is 2. The molecule has 0 saturated heterocycles. The number of hydrogen-bond acceptors (Lipinski definition) is 8. The van der Waals surface area contributed by atoms with Crippen LogP contribution in [0.5, 0.6) is 17.2 Å². The fourth-order valence-corrected chi connectivity index (χ4v) is 5.66. The van der Waals surface area contributed by atoms with Gasteiger partial charge in [-0.2, -0.15) is 0 Å². The topological polar surface area (TPSA) is 131 Å². The van der Waals surface area contributed by atoms with E-state index in [9.17, 15) is 24.6 Å². The van der Waals surface area contributed by atoms with Gasteiger partial charge in [0.15, 0.2) is 17.3 Å². The molecular weight excluding hydrogens is 498 g/mol. The molecule has 2 aliphatic rings. The number of carbonyl (C=O) groups excluding carboxylic acids is 3. The Bertz CT molecular complexity index is 1660. The van der Waals surface area contributed by atoms with E-state index in [4.69, 9.17) is 9.72 Å². The Morgan fingerprint density at radius 1 is 1.15 bits per heavy atom. The lowest BCUT2D eigenvalue weighted by Gasteiger charge is -2.29. The number of Topliss-reactive ketones (excluding diaryl/α,β-unsaturated/α-hetero) is 2. The Kier molecular flexibility index (Phi) is 6.13. The molecule has 39 heavy (non-hydrogen) atoms. The van der Waals surface area contributed by atoms with Crippen LogP contribution in [0.1, 0.15) is 68.0 Å². The van der Waals surface area contributed by atoms with Crippen LogP contribution in [-0.4, -0.2) is 43.7 Å². The molecule has 5 rings (SSSR count). The first-order valence-corrected chi connectivity index (χ1v) is 12.9. The van der Waals surface area contributed by atoms with E-state index in [-0.39, 0.29) is 45.6 Å². The summed E-state index contributed by atoms with van der Waals surface area (Å²) in [6.45, 7) is 10.5. The number of phenols is 2. The van der Waals surface area contributed by atoms with E-state index in [1.54, 1.807) is 13.8 Å². The minimum absolute atomic E-state index is 0.0116. The number of imidazole rings is 1. The number of nitrogens with zero attached hydrogens (tertiary/aromatic N) is 2. The molecule has 202 valence electrons. The lowest BCUT2D eigenvalue weighted by Crippen LogP contribution is -2.41. The summed E-state index contributed by atoms with van der Waals surface area (Å²) >= 11 is 0. The molecular formula is C30H31N3O6. The average Bonchev–Trinajstić information content (AvgIpc) is 3.38. The molecule has 0 radical (unpaired) electrons. The fraction of sp³-hybridized carbons (Fsp3) is 0.333. The van der Waals surface area contributed by atoms with Crippen molar-refractivity contribution in [3.05, 3.63) is 69.9 Å². The van der Waals surface area contributed by atoms with E-state index in [0.717, 1.165) is 16.9 Å².